The van der Waals surface area contributed by atoms with Crippen molar-refractivity contribution in [2.75, 3.05) is 0 Å². The maximum absolute atomic E-state index is 7.46. The fourth-order valence-electron chi connectivity index (χ4n) is 4.78. The second-order valence-electron chi connectivity index (χ2n) is 8.83. The summed E-state index contributed by atoms with van der Waals surface area (Å²) in [6.07, 6.45) is 8.22. The number of unbranched alkanes of at least 4 members (excludes halogenated alkanes) is 3. The van der Waals surface area contributed by atoms with E-state index in [2.05, 4.69) is 71.9 Å². The van der Waals surface area contributed by atoms with Gasteiger partial charge < -0.3 is 0 Å². The van der Waals surface area contributed by atoms with Crippen LogP contribution in [-0.2, 0) is 4.43 Å². The molecule has 0 aromatic heterocycles. The molecule has 0 amide bonds. The number of hydrogen-bond acceptors (Lipinski definition) is 1. The van der Waals surface area contributed by atoms with Crippen LogP contribution in [0.15, 0.2) is 30.3 Å². The Morgan fingerprint density at radius 2 is 1.14 bits per heavy atom. The summed E-state index contributed by atoms with van der Waals surface area (Å²) in [5, 5.41) is 0. The van der Waals surface area contributed by atoms with Crippen molar-refractivity contribution in [2.45, 2.75) is 116 Å². The van der Waals surface area contributed by atoms with Gasteiger partial charge in [0.05, 0.1) is 0 Å². The molecule has 1 aromatic rings. The molecule has 0 aliphatic heterocycles. The molecule has 3 heteroatoms. The van der Waals surface area contributed by atoms with Gasteiger partial charge in [-0.25, -0.2) is 0 Å². The Morgan fingerprint density at radius 3 is 1.50 bits per heavy atom. The Bertz CT molecular complexity index is 470. The van der Waals surface area contributed by atoms with Crippen LogP contribution in [0.4, 0.5) is 0 Å². The van der Waals surface area contributed by atoms with Gasteiger partial charge in [0.1, 0.15) is 0 Å². The van der Waals surface area contributed by atoms with E-state index in [9.17, 15) is 0 Å². The average Bonchev–Trinajstić information content (AvgIpc) is 2.76. The minimum atomic E-state index is -2.53. The molecule has 28 heavy (non-hydrogen) atoms. The number of benzene rings is 1. The van der Waals surface area contributed by atoms with Crippen molar-refractivity contribution in [3.8, 4) is 0 Å². The van der Waals surface area contributed by atoms with Crippen LogP contribution in [-0.4, -0.2) is 26.7 Å². The Kier molecular flexibility index (Phi) is 13.3. The van der Waals surface area contributed by atoms with E-state index >= 15 is 0 Å². The summed E-state index contributed by atoms with van der Waals surface area (Å²) in [4.78, 5) is 0. The molecule has 0 N–H and O–H groups in total. The summed E-state index contributed by atoms with van der Waals surface area (Å²) in [6, 6.07) is 15.2. The van der Waals surface area contributed by atoms with Crippen molar-refractivity contribution in [3.05, 3.63) is 35.9 Å². The van der Waals surface area contributed by atoms with E-state index in [1.807, 2.05) is 0 Å². The SMILES string of the molecule is CCC[CH2][Sn]([CH2]CCC)([CH2]CCC)[CH](O[Si](CC)(CC)CC)c1ccccc1. The zero-order valence-electron chi connectivity index (χ0n) is 19.9. The minimum absolute atomic E-state index is 0.478. The topological polar surface area (TPSA) is 9.23 Å². The summed E-state index contributed by atoms with van der Waals surface area (Å²) in [7, 11) is -1.64. The summed E-state index contributed by atoms with van der Waals surface area (Å²) >= 11 is -2.53. The van der Waals surface area contributed by atoms with E-state index in [0.29, 0.717) is 4.12 Å². The number of hydrogen-bond donors (Lipinski definition) is 0. The summed E-state index contributed by atoms with van der Waals surface area (Å²) < 4.78 is 12.5. The van der Waals surface area contributed by atoms with Gasteiger partial charge in [-0.1, -0.05) is 0 Å². The van der Waals surface area contributed by atoms with Crippen molar-refractivity contribution in [1.29, 1.82) is 0 Å². The molecule has 1 atom stereocenters. The first kappa shape index (κ1) is 26.2. The zero-order valence-corrected chi connectivity index (χ0v) is 23.7. The Hall–Kier alpha value is 0.196. The Labute approximate surface area is 182 Å². The number of rotatable bonds is 16. The van der Waals surface area contributed by atoms with Crippen molar-refractivity contribution >= 4 is 26.7 Å². The molecular weight excluding hydrogens is 463 g/mol. The van der Waals surface area contributed by atoms with E-state index in [1.165, 1.54) is 75.5 Å². The molecule has 0 heterocycles. The van der Waals surface area contributed by atoms with Crippen LogP contribution < -0.4 is 0 Å². The van der Waals surface area contributed by atoms with Gasteiger partial charge in [0.25, 0.3) is 0 Å². The standard InChI is InChI=1S/C13H21OSi.3C4H9.Sn/c1-4-15(5-2,6-3)14-12-13-10-8-7-9-11-13;3*1-3-4-2;/h7-12H,4-6H2,1-3H3;3*1,3-4H2,2H3;. The van der Waals surface area contributed by atoms with Gasteiger partial charge in [0.2, 0.25) is 0 Å². The predicted octanol–water partition coefficient (Wildman–Crippen LogP) is 9.14. The maximum atomic E-state index is 7.46. The van der Waals surface area contributed by atoms with Crippen molar-refractivity contribution in [2.24, 2.45) is 0 Å². The molecule has 0 aliphatic carbocycles. The molecule has 1 unspecified atom stereocenters. The molecule has 0 spiro atoms. The molecule has 0 saturated carbocycles. The second kappa shape index (κ2) is 14.2. The van der Waals surface area contributed by atoms with Gasteiger partial charge in [-0.2, -0.15) is 0 Å². The summed E-state index contributed by atoms with van der Waals surface area (Å²) in [5.41, 5.74) is 1.52. The van der Waals surface area contributed by atoms with Crippen LogP contribution in [0.1, 0.15) is 89.8 Å². The third-order valence-electron chi connectivity index (χ3n) is 7.04. The van der Waals surface area contributed by atoms with Gasteiger partial charge in [-0.05, 0) is 0 Å². The Morgan fingerprint density at radius 1 is 0.714 bits per heavy atom. The third-order valence-corrected chi connectivity index (χ3v) is 28.3. The molecule has 0 fully saturated rings. The van der Waals surface area contributed by atoms with Crippen molar-refractivity contribution in [1.82, 2.24) is 0 Å². The third kappa shape index (κ3) is 7.47. The monoisotopic (exact) mass is 512 g/mol. The van der Waals surface area contributed by atoms with E-state index in [1.54, 1.807) is 0 Å². The molecule has 0 bridgehead atoms. The average molecular weight is 511 g/mol. The first-order chi connectivity index (χ1) is 13.6. The van der Waals surface area contributed by atoms with Crippen LogP contribution >= 0.6 is 0 Å². The van der Waals surface area contributed by atoms with Crippen molar-refractivity contribution < 1.29 is 4.43 Å². The van der Waals surface area contributed by atoms with Crippen LogP contribution in [0.2, 0.25) is 31.4 Å². The van der Waals surface area contributed by atoms with Crippen LogP contribution in [0, 0.1) is 0 Å². The van der Waals surface area contributed by atoms with Crippen LogP contribution in [0.25, 0.3) is 0 Å². The first-order valence-corrected chi connectivity index (χ1v) is 22.5. The fraction of sp³-hybridized carbons (Fsp3) is 0.760. The molecule has 1 aromatic carbocycles. The molecule has 162 valence electrons. The molecule has 0 saturated heterocycles. The zero-order chi connectivity index (χ0) is 20.9. The summed E-state index contributed by atoms with van der Waals surface area (Å²) in [6.45, 7) is 14.3. The molecule has 1 rings (SSSR count). The van der Waals surface area contributed by atoms with Gasteiger partial charge in [0.15, 0.2) is 0 Å². The van der Waals surface area contributed by atoms with Crippen molar-refractivity contribution in [3.63, 3.8) is 0 Å². The van der Waals surface area contributed by atoms with Crippen LogP contribution in [0.5, 0.6) is 0 Å². The molecular formula is C25H48OSiSn. The summed E-state index contributed by atoms with van der Waals surface area (Å²) in [5.74, 6) is 0. The first-order valence-electron chi connectivity index (χ1n) is 12.3. The van der Waals surface area contributed by atoms with E-state index in [0.717, 1.165) is 0 Å². The van der Waals surface area contributed by atoms with Gasteiger partial charge in [0, 0.05) is 0 Å². The van der Waals surface area contributed by atoms with Gasteiger partial charge >= 0.3 is 183 Å². The molecule has 0 radical (unpaired) electrons. The van der Waals surface area contributed by atoms with E-state index < -0.39 is 26.7 Å². The Balaban J connectivity index is 3.45. The quantitative estimate of drug-likeness (QED) is 0.201. The van der Waals surface area contributed by atoms with E-state index in [4.69, 9.17) is 4.43 Å². The van der Waals surface area contributed by atoms with Gasteiger partial charge in [-0.3, -0.25) is 0 Å². The predicted molar refractivity (Wildman–Crippen MR) is 132 cm³/mol. The second-order valence-corrected chi connectivity index (χ2v) is 27.1. The van der Waals surface area contributed by atoms with Gasteiger partial charge in [-0.15, -0.1) is 0 Å². The normalized spacial score (nSPS) is 13.6. The fourth-order valence-corrected chi connectivity index (χ4v) is 28.0. The van der Waals surface area contributed by atoms with E-state index in [-0.39, 0.29) is 0 Å². The van der Waals surface area contributed by atoms with Crippen LogP contribution in [0.3, 0.4) is 0 Å². The molecule has 0 aliphatic rings. The molecule has 1 nitrogen and oxygen atoms in total.